The number of ether oxygens (including phenoxy) is 1. The Morgan fingerprint density at radius 2 is 1.68 bits per heavy atom. The average Bonchev–Trinajstić information content (AvgIpc) is 2.44. The fourth-order valence-electron chi connectivity index (χ4n) is 2.49. The van der Waals surface area contributed by atoms with Gasteiger partial charge in [0.15, 0.2) is 0 Å². The molecule has 1 nitrogen and oxygen atoms in total. The molecule has 0 atom stereocenters. The minimum Gasteiger partial charge on any atom is -0.492 e. The van der Waals surface area contributed by atoms with Crippen molar-refractivity contribution in [3.8, 4) is 5.75 Å². The Hall–Kier alpha value is -2.02. The number of aryl methyl sites for hydroxylation is 1. The molecule has 0 amide bonds. The van der Waals surface area contributed by atoms with Gasteiger partial charge >= 0.3 is 0 Å². The standard InChI is InChI=1S/C18H18O/c1-3-10-19-18-16-7-5-4-6-14(16)12-15-9-8-13(2)11-17(15)18/h4-9,11-12H,3,10H2,1-2H3. The van der Waals surface area contributed by atoms with Crippen molar-refractivity contribution in [3.63, 3.8) is 0 Å². The molecule has 0 fully saturated rings. The molecule has 0 N–H and O–H groups in total. The third-order valence-corrected chi connectivity index (χ3v) is 3.42. The molecule has 0 unspecified atom stereocenters. The molecule has 0 saturated heterocycles. The maximum absolute atomic E-state index is 6.04. The van der Waals surface area contributed by atoms with Crippen LogP contribution in [-0.2, 0) is 0 Å². The number of benzene rings is 3. The molecular formula is C18H18O. The van der Waals surface area contributed by atoms with Crippen LogP contribution < -0.4 is 4.74 Å². The van der Waals surface area contributed by atoms with Crippen molar-refractivity contribution in [3.05, 3.63) is 54.1 Å². The fraction of sp³-hybridized carbons (Fsp3) is 0.222. The van der Waals surface area contributed by atoms with Crippen molar-refractivity contribution in [1.82, 2.24) is 0 Å². The van der Waals surface area contributed by atoms with E-state index in [2.05, 4.69) is 62.4 Å². The van der Waals surface area contributed by atoms with Crippen LogP contribution in [0, 0.1) is 6.92 Å². The maximum atomic E-state index is 6.04. The summed E-state index contributed by atoms with van der Waals surface area (Å²) in [6.07, 6.45) is 1.02. The lowest BCUT2D eigenvalue weighted by Crippen LogP contribution is -1.97. The molecule has 0 radical (unpaired) electrons. The van der Waals surface area contributed by atoms with Gasteiger partial charge in [0.1, 0.15) is 5.75 Å². The molecule has 3 aromatic carbocycles. The molecule has 0 aromatic heterocycles. The van der Waals surface area contributed by atoms with Gasteiger partial charge in [-0.3, -0.25) is 0 Å². The van der Waals surface area contributed by atoms with Crippen LogP contribution in [0.1, 0.15) is 18.9 Å². The Morgan fingerprint density at radius 1 is 0.895 bits per heavy atom. The number of hydrogen-bond acceptors (Lipinski definition) is 1. The van der Waals surface area contributed by atoms with Gasteiger partial charge in [-0.05, 0) is 36.2 Å². The van der Waals surface area contributed by atoms with Crippen LogP contribution in [-0.4, -0.2) is 6.61 Å². The van der Waals surface area contributed by atoms with E-state index >= 15 is 0 Å². The zero-order valence-corrected chi connectivity index (χ0v) is 11.4. The third-order valence-electron chi connectivity index (χ3n) is 3.42. The maximum Gasteiger partial charge on any atom is 0.134 e. The second-order valence-electron chi connectivity index (χ2n) is 5.00. The summed E-state index contributed by atoms with van der Waals surface area (Å²) in [6, 6.07) is 17.2. The summed E-state index contributed by atoms with van der Waals surface area (Å²) in [7, 11) is 0. The SMILES string of the molecule is CCCOc1c2ccccc2cc2ccc(C)cc12. The first-order valence-electron chi connectivity index (χ1n) is 6.84. The molecule has 0 aliphatic rings. The lowest BCUT2D eigenvalue weighted by molar-refractivity contribution is 0.325. The van der Waals surface area contributed by atoms with Crippen LogP contribution in [0.15, 0.2) is 48.5 Å². The summed E-state index contributed by atoms with van der Waals surface area (Å²) in [5, 5.41) is 4.90. The number of fused-ring (bicyclic) bond motifs is 2. The lowest BCUT2D eigenvalue weighted by atomic mass is 10.0. The van der Waals surface area contributed by atoms with E-state index in [1.54, 1.807) is 0 Å². The van der Waals surface area contributed by atoms with Crippen molar-refractivity contribution in [2.24, 2.45) is 0 Å². The Morgan fingerprint density at radius 3 is 2.53 bits per heavy atom. The van der Waals surface area contributed by atoms with Gasteiger partial charge in [0.05, 0.1) is 6.61 Å². The second-order valence-corrected chi connectivity index (χ2v) is 5.00. The van der Waals surface area contributed by atoms with E-state index in [1.807, 2.05) is 0 Å². The summed E-state index contributed by atoms with van der Waals surface area (Å²) in [5.41, 5.74) is 1.27. The van der Waals surface area contributed by atoms with Crippen molar-refractivity contribution < 1.29 is 4.74 Å². The van der Waals surface area contributed by atoms with Crippen LogP contribution in [0.5, 0.6) is 5.75 Å². The molecule has 19 heavy (non-hydrogen) atoms. The number of rotatable bonds is 3. The van der Waals surface area contributed by atoms with Gasteiger partial charge in [-0.2, -0.15) is 0 Å². The Kier molecular flexibility index (Phi) is 3.12. The molecule has 0 bridgehead atoms. The molecule has 3 aromatic rings. The van der Waals surface area contributed by atoms with Gasteiger partial charge < -0.3 is 4.74 Å². The van der Waals surface area contributed by atoms with Crippen molar-refractivity contribution in [1.29, 1.82) is 0 Å². The van der Waals surface area contributed by atoms with Crippen LogP contribution in [0.2, 0.25) is 0 Å². The van der Waals surface area contributed by atoms with E-state index in [4.69, 9.17) is 4.74 Å². The molecule has 0 aliphatic carbocycles. The Labute approximate surface area is 113 Å². The van der Waals surface area contributed by atoms with E-state index in [0.29, 0.717) is 0 Å². The first kappa shape index (κ1) is 12.0. The van der Waals surface area contributed by atoms with Gasteiger partial charge in [0.2, 0.25) is 0 Å². The fourth-order valence-corrected chi connectivity index (χ4v) is 2.49. The lowest BCUT2D eigenvalue weighted by Gasteiger charge is -2.13. The summed E-state index contributed by atoms with van der Waals surface area (Å²) >= 11 is 0. The predicted molar refractivity (Wildman–Crippen MR) is 82.0 cm³/mol. The third kappa shape index (κ3) is 2.17. The molecule has 0 aliphatic heterocycles. The highest BCUT2D eigenvalue weighted by Gasteiger charge is 2.08. The highest BCUT2D eigenvalue weighted by atomic mass is 16.5. The second kappa shape index (κ2) is 4.93. The highest BCUT2D eigenvalue weighted by molar-refractivity contribution is 6.05. The molecule has 0 heterocycles. The molecule has 3 rings (SSSR count). The Bertz CT molecular complexity index is 728. The van der Waals surface area contributed by atoms with Gasteiger partial charge in [0, 0.05) is 10.8 Å². The van der Waals surface area contributed by atoms with Crippen LogP contribution in [0.25, 0.3) is 21.5 Å². The quantitative estimate of drug-likeness (QED) is 0.588. The van der Waals surface area contributed by atoms with Crippen LogP contribution in [0.3, 0.4) is 0 Å². The number of hydrogen-bond donors (Lipinski definition) is 0. The topological polar surface area (TPSA) is 9.23 Å². The summed E-state index contributed by atoms with van der Waals surface area (Å²) in [6.45, 7) is 5.02. The molecular weight excluding hydrogens is 232 g/mol. The first-order chi connectivity index (χ1) is 9.29. The summed E-state index contributed by atoms with van der Waals surface area (Å²) in [4.78, 5) is 0. The Balaban J connectivity index is 2.36. The van der Waals surface area contributed by atoms with E-state index in [-0.39, 0.29) is 0 Å². The summed E-state index contributed by atoms with van der Waals surface area (Å²) < 4.78 is 6.04. The van der Waals surface area contributed by atoms with Gasteiger partial charge in [0.25, 0.3) is 0 Å². The van der Waals surface area contributed by atoms with Crippen LogP contribution in [0.4, 0.5) is 0 Å². The monoisotopic (exact) mass is 250 g/mol. The van der Waals surface area contributed by atoms with Crippen molar-refractivity contribution in [2.45, 2.75) is 20.3 Å². The zero-order valence-electron chi connectivity index (χ0n) is 11.4. The minimum absolute atomic E-state index is 0.761. The van der Waals surface area contributed by atoms with E-state index < -0.39 is 0 Å². The van der Waals surface area contributed by atoms with Crippen LogP contribution >= 0.6 is 0 Å². The van der Waals surface area contributed by atoms with E-state index in [9.17, 15) is 0 Å². The molecule has 0 saturated carbocycles. The minimum atomic E-state index is 0.761. The largest absolute Gasteiger partial charge is 0.492 e. The zero-order chi connectivity index (χ0) is 13.2. The molecule has 0 spiro atoms. The summed E-state index contributed by atoms with van der Waals surface area (Å²) in [5.74, 6) is 1.03. The normalized spacial score (nSPS) is 11.1. The highest BCUT2D eigenvalue weighted by Crippen LogP contribution is 2.35. The van der Waals surface area contributed by atoms with Gasteiger partial charge in [-0.25, -0.2) is 0 Å². The van der Waals surface area contributed by atoms with E-state index in [0.717, 1.165) is 18.8 Å². The van der Waals surface area contributed by atoms with E-state index in [1.165, 1.54) is 27.1 Å². The van der Waals surface area contributed by atoms with Crippen molar-refractivity contribution in [2.75, 3.05) is 6.61 Å². The smallest absolute Gasteiger partial charge is 0.134 e. The molecule has 96 valence electrons. The predicted octanol–water partition coefficient (Wildman–Crippen LogP) is 5.09. The van der Waals surface area contributed by atoms with Crippen molar-refractivity contribution >= 4 is 21.5 Å². The van der Waals surface area contributed by atoms with Gasteiger partial charge in [-0.15, -0.1) is 0 Å². The molecule has 1 heteroatoms. The van der Waals surface area contributed by atoms with Gasteiger partial charge in [-0.1, -0.05) is 48.9 Å². The first-order valence-corrected chi connectivity index (χ1v) is 6.84. The average molecular weight is 250 g/mol.